The van der Waals surface area contributed by atoms with Crippen LogP contribution >= 0.6 is 11.6 Å². The van der Waals surface area contributed by atoms with Crippen LogP contribution in [-0.4, -0.2) is 30.4 Å². The lowest BCUT2D eigenvalue weighted by atomic mass is 10.1. The molecule has 0 amide bonds. The van der Waals surface area contributed by atoms with Crippen LogP contribution in [0.3, 0.4) is 0 Å². The van der Waals surface area contributed by atoms with Crippen molar-refractivity contribution in [2.75, 3.05) is 6.54 Å². The maximum absolute atomic E-state index is 13.7. The first-order valence-electron chi connectivity index (χ1n) is 7.30. The van der Waals surface area contributed by atoms with Crippen LogP contribution in [0.5, 0.6) is 0 Å². The number of nitrogens with zero attached hydrogens (tertiary/aromatic N) is 3. The molecule has 1 unspecified atom stereocenters. The van der Waals surface area contributed by atoms with Crippen molar-refractivity contribution in [3.8, 4) is 6.07 Å². The van der Waals surface area contributed by atoms with Gasteiger partial charge in [0.2, 0.25) is 10.0 Å². The van der Waals surface area contributed by atoms with Gasteiger partial charge < -0.3 is 0 Å². The van der Waals surface area contributed by atoms with E-state index in [-0.39, 0.29) is 16.1 Å². The number of rotatable bonds is 5. The largest absolute Gasteiger partial charge is 0.409 e. The Morgan fingerprint density at radius 1 is 1.27 bits per heavy atom. The van der Waals surface area contributed by atoms with Gasteiger partial charge >= 0.3 is 6.18 Å². The van der Waals surface area contributed by atoms with E-state index < -0.39 is 33.7 Å². The summed E-state index contributed by atoms with van der Waals surface area (Å²) < 4.78 is 67.1. The highest BCUT2D eigenvalue weighted by atomic mass is 35.5. The number of hydrogen-bond acceptors (Lipinski definition) is 4. The van der Waals surface area contributed by atoms with Gasteiger partial charge in [0.25, 0.3) is 0 Å². The summed E-state index contributed by atoms with van der Waals surface area (Å²) in [4.78, 5) is 3.13. The zero-order valence-corrected chi connectivity index (χ0v) is 15.0. The van der Waals surface area contributed by atoms with Crippen LogP contribution in [-0.2, 0) is 10.0 Å². The minimum Gasteiger partial charge on any atom is -0.262 e. The molecule has 2 aromatic rings. The third-order valence-corrected chi connectivity index (χ3v) is 5.70. The molecule has 0 N–H and O–H groups in total. The molecule has 2 rings (SSSR count). The normalized spacial score (nSPS) is 13.4. The molecule has 0 fully saturated rings. The van der Waals surface area contributed by atoms with Crippen LogP contribution in [0.1, 0.15) is 24.1 Å². The molecule has 0 spiro atoms. The molecule has 5 nitrogen and oxygen atoms in total. The van der Waals surface area contributed by atoms with Crippen molar-refractivity contribution in [1.82, 2.24) is 9.29 Å². The maximum atomic E-state index is 13.7. The Bertz CT molecular complexity index is 925. The summed E-state index contributed by atoms with van der Waals surface area (Å²) >= 11 is 5.71. The molecule has 0 saturated heterocycles. The quantitative estimate of drug-likeness (QED) is 0.758. The molecule has 1 heterocycles. The molecule has 1 atom stereocenters. The number of benzene rings is 1. The highest BCUT2D eigenvalue weighted by molar-refractivity contribution is 7.89. The number of sulfonamides is 1. The van der Waals surface area contributed by atoms with Crippen molar-refractivity contribution in [2.24, 2.45) is 0 Å². The van der Waals surface area contributed by atoms with Gasteiger partial charge in [0.1, 0.15) is 17.0 Å². The van der Waals surface area contributed by atoms with Crippen LogP contribution in [0.15, 0.2) is 47.6 Å². The third kappa shape index (κ3) is 4.15. The smallest absolute Gasteiger partial charge is 0.262 e. The first-order valence-corrected chi connectivity index (χ1v) is 9.12. The van der Waals surface area contributed by atoms with E-state index in [4.69, 9.17) is 16.9 Å². The van der Waals surface area contributed by atoms with Gasteiger partial charge in [-0.15, -0.1) is 0 Å². The van der Waals surface area contributed by atoms with E-state index in [0.717, 1.165) is 30.6 Å². The average Bonchev–Trinajstić information content (AvgIpc) is 2.59. The average molecular weight is 404 g/mol. The molecule has 0 bridgehead atoms. The molecule has 0 aliphatic heterocycles. The fourth-order valence-electron chi connectivity index (χ4n) is 2.41. The molecule has 0 aliphatic rings. The first kappa shape index (κ1) is 20.2. The predicted octanol–water partition coefficient (Wildman–Crippen LogP) is 3.92. The highest BCUT2D eigenvalue weighted by Crippen LogP contribution is 2.40. The monoisotopic (exact) mass is 403 g/mol. The lowest BCUT2D eigenvalue weighted by molar-refractivity contribution is -0.173. The van der Waals surface area contributed by atoms with Crippen LogP contribution in [0, 0.1) is 11.3 Å². The SMILES string of the molecule is CCN(C(c1ccc(Cl)cc1)C(F)(F)F)S(=O)(=O)c1cncc(C#N)c1. The second-order valence-electron chi connectivity index (χ2n) is 5.23. The molecular weight excluding hydrogens is 391 g/mol. The Hall–Kier alpha value is -2.15. The van der Waals surface area contributed by atoms with Gasteiger partial charge in [0.05, 0.1) is 5.56 Å². The summed E-state index contributed by atoms with van der Waals surface area (Å²) in [5.74, 6) is 0. The van der Waals surface area contributed by atoms with Crippen molar-refractivity contribution in [1.29, 1.82) is 5.26 Å². The molecule has 1 aromatic heterocycles. The van der Waals surface area contributed by atoms with Gasteiger partial charge in [-0.2, -0.15) is 22.7 Å². The molecule has 10 heteroatoms. The van der Waals surface area contributed by atoms with Gasteiger partial charge in [-0.3, -0.25) is 4.98 Å². The number of hydrogen-bond donors (Lipinski definition) is 0. The van der Waals surface area contributed by atoms with E-state index in [0.29, 0.717) is 4.31 Å². The first-order chi connectivity index (χ1) is 12.1. The number of pyridine rings is 1. The Balaban J connectivity index is 2.60. The number of alkyl halides is 3. The minimum absolute atomic E-state index is 0.0721. The topological polar surface area (TPSA) is 74.1 Å². The van der Waals surface area contributed by atoms with Crippen molar-refractivity contribution < 1.29 is 21.6 Å². The third-order valence-electron chi connectivity index (χ3n) is 3.54. The van der Waals surface area contributed by atoms with E-state index >= 15 is 0 Å². The van der Waals surface area contributed by atoms with Crippen molar-refractivity contribution >= 4 is 21.6 Å². The highest BCUT2D eigenvalue weighted by Gasteiger charge is 2.48. The fourth-order valence-corrected chi connectivity index (χ4v) is 4.14. The molecule has 0 radical (unpaired) electrons. The Labute approximate surface area is 153 Å². The van der Waals surface area contributed by atoms with Gasteiger partial charge in [0, 0.05) is 24.0 Å². The van der Waals surface area contributed by atoms with Gasteiger partial charge in [-0.25, -0.2) is 8.42 Å². The van der Waals surface area contributed by atoms with Crippen LogP contribution in [0.25, 0.3) is 0 Å². The summed E-state index contributed by atoms with van der Waals surface area (Å²) in [6.07, 6.45) is -2.83. The second-order valence-corrected chi connectivity index (χ2v) is 7.55. The van der Waals surface area contributed by atoms with Crippen molar-refractivity contribution in [2.45, 2.75) is 24.0 Å². The van der Waals surface area contributed by atoms with Gasteiger partial charge in [-0.05, 0) is 23.8 Å². The maximum Gasteiger partial charge on any atom is 0.409 e. The minimum atomic E-state index is -4.86. The van der Waals surface area contributed by atoms with Crippen LogP contribution < -0.4 is 0 Å². The van der Waals surface area contributed by atoms with E-state index in [9.17, 15) is 21.6 Å². The molecule has 0 saturated carbocycles. The van der Waals surface area contributed by atoms with E-state index in [2.05, 4.69) is 4.98 Å². The van der Waals surface area contributed by atoms with Gasteiger partial charge in [-0.1, -0.05) is 30.7 Å². The van der Waals surface area contributed by atoms with Crippen LogP contribution in [0.2, 0.25) is 5.02 Å². The van der Waals surface area contributed by atoms with Gasteiger partial charge in [0.15, 0.2) is 0 Å². The standard InChI is InChI=1S/C16H13ClF3N3O2S/c1-2-23(26(24,25)14-7-11(8-21)9-22-10-14)15(16(18,19)20)12-3-5-13(17)6-4-12/h3-7,9-10,15H,2H2,1H3. The Kier molecular flexibility index (Phi) is 5.91. The molecular formula is C16H13ClF3N3O2S. The van der Waals surface area contributed by atoms with E-state index in [1.807, 2.05) is 0 Å². The van der Waals surface area contributed by atoms with Crippen molar-refractivity contribution in [3.05, 3.63) is 58.9 Å². The molecule has 1 aromatic carbocycles. The van der Waals surface area contributed by atoms with E-state index in [1.54, 1.807) is 6.07 Å². The Morgan fingerprint density at radius 2 is 1.88 bits per heavy atom. The predicted molar refractivity (Wildman–Crippen MR) is 88.8 cm³/mol. The number of halogens is 4. The zero-order chi connectivity index (χ0) is 19.5. The lowest BCUT2D eigenvalue weighted by Gasteiger charge is -2.31. The molecule has 26 heavy (non-hydrogen) atoms. The summed E-state index contributed by atoms with van der Waals surface area (Å²) in [6, 6.07) is 5.07. The summed E-state index contributed by atoms with van der Waals surface area (Å²) in [5, 5.41) is 9.10. The second kappa shape index (κ2) is 7.61. The number of nitriles is 1. The van der Waals surface area contributed by atoms with Crippen molar-refractivity contribution in [3.63, 3.8) is 0 Å². The zero-order valence-electron chi connectivity index (χ0n) is 13.4. The summed E-state index contributed by atoms with van der Waals surface area (Å²) in [6.45, 7) is 0.861. The molecule has 0 aliphatic carbocycles. The summed E-state index contributed by atoms with van der Waals surface area (Å²) in [7, 11) is -4.56. The number of aromatic nitrogens is 1. The lowest BCUT2D eigenvalue weighted by Crippen LogP contribution is -2.42. The summed E-state index contributed by atoms with van der Waals surface area (Å²) in [5.41, 5.74) is -0.339. The molecule has 138 valence electrons. The van der Waals surface area contributed by atoms with Crippen LogP contribution in [0.4, 0.5) is 13.2 Å². The van der Waals surface area contributed by atoms with E-state index in [1.165, 1.54) is 19.1 Å². The fraction of sp³-hybridized carbons (Fsp3) is 0.250. The Morgan fingerprint density at radius 3 is 2.38 bits per heavy atom.